The van der Waals surface area contributed by atoms with E-state index in [1.54, 1.807) is 6.33 Å². The molecule has 2 aromatic rings. The molecule has 1 fully saturated rings. The highest BCUT2D eigenvalue weighted by atomic mass is 15.4. The molecule has 0 amide bonds. The molecule has 5 nitrogen and oxygen atoms in total. The molecular weight excluding hydrogens is 214 g/mol. The van der Waals surface area contributed by atoms with Crippen LogP contribution in [-0.2, 0) is 0 Å². The van der Waals surface area contributed by atoms with Gasteiger partial charge in [0.25, 0.3) is 5.78 Å². The molecule has 5 heteroatoms. The van der Waals surface area contributed by atoms with Crippen molar-refractivity contribution in [2.24, 2.45) is 0 Å². The first kappa shape index (κ1) is 10.5. The molecule has 0 aromatic carbocycles. The van der Waals surface area contributed by atoms with Crippen molar-refractivity contribution in [3.63, 3.8) is 0 Å². The maximum absolute atomic E-state index is 4.38. The van der Waals surface area contributed by atoms with Gasteiger partial charge in [-0.05, 0) is 33.1 Å². The number of hydrogen-bond donors (Lipinski definition) is 0. The fourth-order valence-corrected chi connectivity index (χ4v) is 2.55. The van der Waals surface area contributed by atoms with Gasteiger partial charge in [-0.15, -0.1) is 0 Å². The van der Waals surface area contributed by atoms with Crippen LogP contribution in [0.1, 0.15) is 31.9 Å². The Morgan fingerprint density at radius 1 is 1.35 bits per heavy atom. The first-order valence-electron chi connectivity index (χ1n) is 6.20. The minimum absolute atomic E-state index is 0.568. The van der Waals surface area contributed by atoms with E-state index in [0.29, 0.717) is 11.8 Å². The lowest BCUT2D eigenvalue weighted by molar-refractivity contribution is 0.477. The van der Waals surface area contributed by atoms with Gasteiger partial charge in [0.1, 0.15) is 12.1 Å². The van der Waals surface area contributed by atoms with Crippen LogP contribution < -0.4 is 4.90 Å². The zero-order valence-corrected chi connectivity index (χ0v) is 10.3. The van der Waals surface area contributed by atoms with Gasteiger partial charge in [-0.25, -0.2) is 4.98 Å². The number of nitrogens with zero attached hydrogens (tertiary/aromatic N) is 5. The maximum atomic E-state index is 4.38. The standard InChI is InChI=1S/C12H17N5/c1-9-7-11(16-6-4-3-5-10(16)2)17-12(15-9)13-8-14-17/h7-8,10H,3-6H2,1-2H3/t10-/m0/s1. The van der Waals surface area contributed by atoms with E-state index in [0.717, 1.165) is 18.1 Å². The Hall–Kier alpha value is -1.65. The van der Waals surface area contributed by atoms with Crippen molar-refractivity contribution in [3.05, 3.63) is 18.1 Å². The lowest BCUT2D eigenvalue weighted by Crippen LogP contribution is -2.38. The summed E-state index contributed by atoms with van der Waals surface area (Å²) in [5.74, 6) is 1.81. The van der Waals surface area contributed by atoms with E-state index in [1.807, 2.05) is 11.4 Å². The van der Waals surface area contributed by atoms with Crippen molar-refractivity contribution in [1.82, 2.24) is 19.6 Å². The third kappa shape index (κ3) is 1.75. The van der Waals surface area contributed by atoms with Gasteiger partial charge < -0.3 is 4.90 Å². The van der Waals surface area contributed by atoms with Crippen molar-refractivity contribution in [2.75, 3.05) is 11.4 Å². The van der Waals surface area contributed by atoms with Crippen LogP contribution >= 0.6 is 0 Å². The molecule has 0 radical (unpaired) electrons. The third-order valence-corrected chi connectivity index (χ3v) is 3.46. The van der Waals surface area contributed by atoms with Crippen molar-refractivity contribution < 1.29 is 0 Å². The second-order valence-electron chi connectivity index (χ2n) is 4.77. The Labute approximate surface area is 100 Å². The van der Waals surface area contributed by atoms with Crippen LogP contribution in [0.5, 0.6) is 0 Å². The summed E-state index contributed by atoms with van der Waals surface area (Å²) in [6.07, 6.45) is 5.39. The SMILES string of the molecule is Cc1cc(N2CCCC[C@@H]2C)n2ncnc2n1. The van der Waals surface area contributed by atoms with Gasteiger partial charge in [-0.3, -0.25) is 0 Å². The number of anilines is 1. The predicted octanol–water partition coefficient (Wildman–Crippen LogP) is 1.81. The molecule has 2 aromatic heterocycles. The summed E-state index contributed by atoms with van der Waals surface area (Å²) in [5, 5.41) is 4.27. The Morgan fingerprint density at radius 2 is 2.24 bits per heavy atom. The van der Waals surface area contributed by atoms with Crippen molar-refractivity contribution >= 4 is 11.6 Å². The van der Waals surface area contributed by atoms with Gasteiger partial charge in [-0.1, -0.05) is 0 Å². The average Bonchev–Trinajstić information content (AvgIpc) is 2.76. The summed E-state index contributed by atoms with van der Waals surface area (Å²) in [6.45, 7) is 5.38. The van der Waals surface area contributed by atoms with Crippen molar-refractivity contribution in [3.8, 4) is 0 Å². The van der Waals surface area contributed by atoms with Crippen LogP contribution in [0.2, 0.25) is 0 Å². The average molecular weight is 231 g/mol. The van der Waals surface area contributed by atoms with E-state index >= 15 is 0 Å². The molecule has 0 bridgehead atoms. The van der Waals surface area contributed by atoms with Crippen molar-refractivity contribution in [1.29, 1.82) is 0 Å². The van der Waals surface area contributed by atoms with Gasteiger partial charge >= 0.3 is 0 Å². The number of aryl methyl sites for hydroxylation is 1. The predicted molar refractivity (Wildman–Crippen MR) is 66.2 cm³/mol. The number of aromatic nitrogens is 4. The molecule has 1 aliphatic heterocycles. The number of piperidine rings is 1. The summed E-state index contributed by atoms with van der Waals surface area (Å²) in [5.41, 5.74) is 0.998. The highest BCUT2D eigenvalue weighted by Crippen LogP contribution is 2.24. The summed E-state index contributed by atoms with van der Waals surface area (Å²) in [6, 6.07) is 2.67. The molecule has 17 heavy (non-hydrogen) atoms. The van der Waals surface area contributed by atoms with Crippen LogP contribution in [0, 0.1) is 6.92 Å². The van der Waals surface area contributed by atoms with E-state index in [2.05, 4.69) is 33.0 Å². The van der Waals surface area contributed by atoms with Crippen LogP contribution in [0.25, 0.3) is 5.78 Å². The molecule has 1 aliphatic rings. The molecule has 90 valence electrons. The fraction of sp³-hybridized carbons (Fsp3) is 0.583. The first-order chi connectivity index (χ1) is 8.25. The molecule has 1 saturated heterocycles. The van der Waals surface area contributed by atoms with Crippen LogP contribution in [-0.4, -0.2) is 32.2 Å². The summed E-state index contributed by atoms with van der Waals surface area (Å²) in [7, 11) is 0. The molecule has 1 atom stereocenters. The lowest BCUT2D eigenvalue weighted by Gasteiger charge is -2.35. The maximum Gasteiger partial charge on any atom is 0.254 e. The molecular formula is C12H17N5. The number of hydrogen-bond acceptors (Lipinski definition) is 4. The Balaban J connectivity index is 2.11. The second-order valence-corrected chi connectivity index (χ2v) is 4.77. The lowest BCUT2D eigenvalue weighted by atomic mass is 10.0. The van der Waals surface area contributed by atoms with Gasteiger partial charge in [0.05, 0.1) is 0 Å². The largest absolute Gasteiger partial charge is 0.354 e. The zero-order valence-electron chi connectivity index (χ0n) is 10.3. The second kappa shape index (κ2) is 3.98. The molecule has 0 spiro atoms. The Bertz CT molecular complexity index is 533. The van der Waals surface area contributed by atoms with Gasteiger partial charge in [0.15, 0.2) is 0 Å². The van der Waals surface area contributed by atoms with E-state index < -0.39 is 0 Å². The smallest absolute Gasteiger partial charge is 0.254 e. The summed E-state index contributed by atoms with van der Waals surface area (Å²) in [4.78, 5) is 11.0. The van der Waals surface area contributed by atoms with Gasteiger partial charge in [-0.2, -0.15) is 14.6 Å². The molecule has 0 N–H and O–H groups in total. The highest BCUT2D eigenvalue weighted by molar-refractivity contribution is 5.48. The van der Waals surface area contributed by atoms with Crippen molar-refractivity contribution in [2.45, 2.75) is 39.2 Å². The monoisotopic (exact) mass is 231 g/mol. The highest BCUT2D eigenvalue weighted by Gasteiger charge is 2.21. The fourth-order valence-electron chi connectivity index (χ4n) is 2.55. The summed E-state index contributed by atoms with van der Waals surface area (Å²) >= 11 is 0. The molecule has 3 rings (SSSR count). The van der Waals surface area contributed by atoms with E-state index in [1.165, 1.54) is 19.3 Å². The van der Waals surface area contributed by atoms with Gasteiger partial charge in [0, 0.05) is 24.3 Å². The molecule has 0 aliphatic carbocycles. The topological polar surface area (TPSA) is 46.3 Å². The van der Waals surface area contributed by atoms with Crippen LogP contribution in [0.4, 0.5) is 5.82 Å². The number of fused-ring (bicyclic) bond motifs is 1. The number of rotatable bonds is 1. The van der Waals surface area contributed by atoms with E-state index in [9.17, 15) is 0 Å². The first-order valence-corrected chi connectivity index (χ1v) is 6.20. The Kier molecular flexibility index (Phi) is 2.46. The molecule has 0 unspecified atom stereocenters. The van der Waals surface area contributed by atoms with Gasteiger partial charge in [0.2, 0.25) is 0 Å². The van der Waals surface area contributed by atoms with Crippen LogP contribution in [0.15, 0.2) is 12.4 Å². The summed E-state index contributed by atoms with van der Waals surface area (Å²) < 4.78 is 1.84. The Morgan fingerprint density at radius 3 is 3.06 bits per heavy atom. The van der Waals surface area contributed by atoms with Crippen LogP contribution in [0.3, 0.4) is 0 Å². The zero-order chi connectivity index (χ0) is 11.8. The minimum Gasteiger partial charge on any atom is -0.354 e. The minimum atomic E-state index is 0.568. The van der Waals surface area contributed by atoms with E-state index in [4.69, 9.17) is 0 Å². The molecule has 3 heterocycles. The normalized spacial score (nSPS) is 21.1. The third-order valence-electron chi connectivity index (χ3n) is 3.46. The molecule has 0 saturated carbocycles. The quantitative estimate of drug-likeness (QED) is 0.751. The van der Waals surface area contributed by atoms with E-state index in [-0.39, 0.29) is 0 Å².